The van der Waals surface area contributed by atoms with Crippen molar-refractivity contribution < 1.29 is 0 Å². The maximum atomic E-state index is 4.78. The molecule has 2 aliphatic rings. The quantitative estimate of drug-likeness (QED) is 0.692. The number of benzene rings is 2. The van der Waals surface area contributed by atoms with Gasteiger partial charge in [-0.1, -0.05) is 48.2 Å². The molecule has 3 heteroatoms. The van der Waals surface area contributed by atoms with Crippen LogP contribution in [-0.2, 0) is 6.54 Å². The predicted molar refractivity (Wildman–Crippen MR) is 73.3 cm³/mol. The number of fused-ring (bicyclic) bond motifs is 4. The lowest BCUT2D eigenvalue weighted by Gasteiger charge is -2.23. The van der Waals surface area contributed by atoms with Gasteiger partial charge in [-0.2, -0.15) is 0 Å². The number of thioether (sulfide) groups is 1. The fourth-order valence-electron chi connectivity index (χ4n) is 2.35. The van der Waals surface area contributed by atoms with Gasteiger partial charge in [0.25, 0.3) is 0 Å². The van der Waals surface area contributed by atoms with Gasteiger partial charge in [-0.3, -0.25) is 0 Å². The smallest absolute Gasteiger partial charge is 0.173 e. The largest absolute Gasteiger partial charge is 0.322 e. The van der Waals surface area contributed by atoms with Gasteiger partial charge in [0.1, 0.15) is 0 Å². The molecule has 0 fully saturated rings. The van der Waals surface area contributed by atoms with Crippen molar-refractivity contribution in [2.45, 2.75) is 6.54 Å². The van der Waals surface area contributed by atoms with Crippen LogP contribution in [0.1, 0.15) is 5.56 Å². The molecule has 0 saturated carbocycles. The normalized spacial score (nSPS) is 16.9. The van der Waals surface area contributed by atoms with Crippen molar-refractivity contribution >= 4 is 33.4 Å². The van der Waals surface area contributed by atoms with Gasteiger partial charge >= 0.3 is 0 Å². The van der Waals surface area contributed by atoms with Crippen LogP contribution in [0.25, 0.3) is 10.8 Å². The summed E-state index contributed by atoms with van der Waals surface area (Å²) in [6.07, 6.45) is 2.10. The van der Waals surface area contributed by atoms with Crippen molar-refractivity contribution in [2.75, 3.05) is 0 Å². The molecular formula is C14H10N2S. The van der Waals surface area contributed by atoms with Gasteiger partial charge in [0.2, 0.25) is 0 Å². The average Bonchev–Trinajstić information content (AvgIpc) is 2.83. The Bertz CT molecular complexity index is 673. The Morgan fingerprint density at radius 3 is 3.06 bits per heavy atom. The molecule has 2 aromatic carbocycles. The molecule has 82 valence electrons. The van der Waals surface area contributed by atoms with E-state index in [0.717, 1.165) is 17.4 Å². The molecule has 0 aromatic heterocycles. The summed E-state index contributed by atoms with van der Waals surface area (Å²) in [7, 11) is 0. The minimum atomic E-state index is 0.933. The van der Waals surface area contributed by atoms with Crippen molar-refractivity contribution in [2.24, 2.45) is 4.99 Å². The molecule has 0 bridgehead atoms. The van der Waals surface area contributed by atoms with Crippen LogP contribution in [0.2, 0.25) is 0 Å². The summed E-state index contributed by atoms with van der Waals surface area (Å²) in [6.45, 7) is 0.933. The third-order valence-corrected chi connectivity index (χ3v) is 3.99. The number of rotatable bonds is 0. The molecule has 0 spiro atoms. The van der Waals surface area contributed by atoms with E-state index in [2.05, 4.69) is 52.9 Å². The summed E-state index contributed by atoms with van der Waals surface area (Å²) in [5.74, 6) is 0. The van der Waals surface area contributed by atoms with Gasteiger partial charge in [-0.05, 0) is 16.4 Å². The van der Waals surface area contributed by atoms with E-state index in [-0.39, 0.29) is 0 Å². The fourth-order valence-corrected chi connectivity index (χ4v) is 3.08. The molecular weight excluding hydrogens is 228 g/mol. The average molecular weight is 238 g/mol. The van der Waals surface area contributed by atoms with Crippen LogP contribution in [0.15, 0.2) is 53.0 Å². The first-order valence-electron chi connectivity index (χ1n) is 5.61. The maximum absolute atomic E-state index is 4.78. The van der Waals surface area contributed by atoms with Gasteiger partial charge in [-0.25, -0.2) is 4.99 Å². The summed E-state index contributed by atoms with van der Waals surface area (Å²) in [5, 5.41) is 5.70. The molecule has 0 aliphatic carbocycles. The van der Waals surface area contributed by atoms with E-state index in [4.69, 9.17) is 4.99 Å². The minimum Gasteiger partial charge on any atom is -0.322 e. The van der Waals surface area contributed by atoms with Crippen molar-refractivity contribution in [3.8, 4) is 0 Å². The van der Waals surface area contributed by atoms with Crippen molar-refractivity contribution in [3.05, 3.63) is 53.6 Å². The lowest BCUT2D eigenvalue weighted by molar-refractivity contribution is 0.561. The van der Waals surface area contributed by atoms with E-state index in [9.17, 15) is 0 Å². The molecule has 0 saturated heterocycles. The standard InChI is InChI=1S/C14H10N2S/c1-2-4-12-10(3-1)5-6-11-9-16-7-8-17-14(16)15-13(11)12/h1-8H,9H2. The predicted octanol–water partition coefficient (Wildman–Crippen LogP) is 3.86. The second-order valence-corrected chi connectivity index (χ2v) is 5.09. The number of hydrogen-bond donors (Lipinski definition) is 0. The van der Waals surface area contributed by atoms with Crippen LogP contribution in [0.4, 0.5) is 5.69 Å². The summed E-state index contributed by atoms with van der Waals surface area (Å²) in [5.41, 5.74) is 2.45. The highest BCUT2D eigenvalue weighted by Gasteiger charge is 2.22. The van der Waals surface area contributed by atoms with Crippen LogP contribution in [0.5, 0.6) is 0 Å². The fraction of sp³-hybridized carbons (Fsp3) is 0.0714. The van der Waals surface area contributed by atoms with Gasteiger partial charge < -0.3 is 4.90 Å². The molecule has 0 unspecified atom stereocenters. The van der Waals surface area contributed by atoms with E-state index in [1.54, 1.807) is 11.8 Å². The van der Waals surface area contributed by atoms with Gasteiger partial charge in [-0.15, -0.1) is 0 Å². The molecule has 2 nitrogen and oxygen atoms in total. The molecule has 17 heavy (non-hydrogen) atoms. The molecule has 0 atom stereocenters. The van der Waals surface area contributed by atoms with Gasteiger partial charge in [0, 0.05) is 11.6 Å². The number of nitrogens with zero attached hydrogens (tertiary/aromatic N) is 2. The molecule has 2 aromatic rings. The van der Waals surface area contributed by atoms with Crippen LogP contribution in [-0.4, -0.2) is 10.1 Å². The van der Waals surface area contributed by atoms with Crippen LogP contribution < -0.4 is 0 Å². The van der Waals surface area contributed by atoms with Gasteiger partial charge in [0.15, 0.2) is 5.17 Å². The van der Waals surface area contributed by atoms with Crippen molar-refractivity contribution in [3.63, 3.8) is 0 Å². The molecule has 2 heterocycles. The SMILES string of the molecule is C1=CN2Cc3ccc4ccccc4c3N=C2S1. The molecule has 0 radical (unpaired) electrons. The Kier molecular flexibility index (Phi) is 1.85. The summed E-state index contributed by atoms with van der Waals surface area (Å²) >= 11 is 1.69. The highest BCUT2D eigenvalue weighted by molar-refractivity contribution is 8.16. The van der Waals surface area contributed by atoms with Gasteiger partial charge in [0.05, 0.1) is 12.2 Å². The molecule has 0 amide bonds. The second-order valence-electron chi connectivity index (χ2n) is 4.22. The Morgan fingerprint density at radius 1 is 1.12 bits per heavy atom. The van der Waals surface area contributed by atoms with E-state index >= 15 is 0 Å². The zero-order valence-corrected chi connectivity index (χ0v) is 9.95. The molecule has 2 aliphatic heterocycles. The Hall–Kier alpha value is -1.74. The van der Waals surface area contributed by atoms with Crippen molar-refractivity contribution in [1.82, 2.24) is 4.90 Å². The second kappa shape index (κ2) is 3.37. The summed E-state index contributed by atoms with van der Waals surface area (Å²) in [6, 6.07) is 12.8. The van der Waals surface area contributed by atoms with E-state index in [1.165, 1.54) is 16.3 Å². The zero-order chi connectivity index (χ0) is 11.2. The number of aliphatic imine (C=N–C) groups is 1. The van der Waals surface area contributed by atoms with Crippen LogP contribution in [0, 0.1) is 0 Å². The Balaban J connectivity index is 2.02. The number of amidine groups is 1. The van der Waals surface area contributed by atoms with E-state index < -0.39 is 0 Å². The van der Waals surface area contributed by atoms with Crippen LogP contribution in [0.3, 0.4) is 0 Å². The Labute approximate surface area is 104 Å². The van der Waals surface area contributed by atoms with E-state index in [0.29, 0.717) is 0 Å². The number of hydrogen-bond acceptors (Lipinski definition) is 3. The topological polar surface area (TPSA) is 15.6 Å². The highest BCUT2D eigenvalue weighted by Crippen LogP contribution is 2.37. The Morgan fingerprint density at radius 2 is 2.06 bits per heavy atom. The van der Waals surface area contributed by atoms with Crippen LogP contribution >= 0.6 is 11.8 Å². The maximum Gasteiger partial charge on any atom is 0.173 e. The monoisotopic (exact) mass is 238 g/mol. The summed E-state index contributed by atoms with van der Waals surface area (Å²) < 4.78 is 0. The first-order valence-corrected chi connectivity index (χ1v) is 6.49. The highest BCUT2D eigenvalue weighted by atomic mass is 32.2. The summed E-state index contributed by atoms with van der Waals surface area (Å²) in [4.78, 5) is 6.97. The van der Waals surface area contributed by atoms with Crippen molar-refractivity contribution in [1.29, 1.82) is 0 Å². The molecule has 4 rings (SSSR count). The third-order valence-electron chi connectivity index (χ3n) is 3.19. The lowest BCUT2D eigenvalue weighted by atomic mass is 10.0. The minimum absolute atomic E-state index is 0.933. The first-order chi connectivity index (χ1) is 8.42. The third kappa shape index (κ3) is 1.32. The zero-order valence-electron chi connectivity index (χ0n) is 9.13. The molecule has 0 N–H and O–H groups in total. The van der Waals surface area contributed by atoms with E-state index in [1.807, 2.05) is 0 Å². The lowest BCUT2D eigenvalue weighted by Crippen LogP contribution is -2.22. The first kappa shape index (κ1) is 9.31.